The van der Waals surface area contributed by atoms with E-state index in [4.69, 9.17) is 28.9 Å². The maximum atomic E-state index is 9.38. The highest BCUT2D eigenvalue weighted by Gasteiger charge is 2.16. The molecule has 1 unspecified atom stereocenters. The van der Waals surface area contributed by atoms with Crippen LogP contribution in [0.1, 0.15) is 12.5 Å². The molecule has 0 bridgehead atoms. The standard InChI is InChI=1S/C8H9Cl2NO/c1-8(11,12)5-2-3-6(9)7(10)4-5/h2-4,12H,11H2,1H3. The third-order valence-corrected chi connectivity index (χ3v) is 2.24. The van der Waals surface area contributed by atoms with Gasteiger partial charge >= 0.3 is 0 Å². The minimum absolute atomic E-state index is 0.389. The molecule has 66 valence electrons. The maximum Gasteiger partial charge on any atom is 0.136 e. The van der Waals surface area contributed by atoms with Gasteiger partial charge in [-0.3, -0.25) is 0 Å². The maximum absolute atomic E-state index is 9.38. The highest BCUT2D eigenvalue weighted by Crippen LogP contribution is 2.25. The average molecular weight is 206 g/mol. The molecule has 1 atom stereocenters. The molecule has 0 aromatic heterocycles. The number of hydrogen-bond donors (Lipinski definition) is 2. The van der Waals surface area contributed by atoms with E-state index in [9.17, 15) is 5.11 Å². The summed E-state index contributed by atoms with van der Waals surface area (Å²) in [6.45, 7) is 1.48. The Morgan fingerprint density at radius 3 is 2.33 bits per heavy atom. The van der Waals surface area contributed by atoms with Gasteiger partial charge in [0.2, 0.25) is 0 Å². The van der Waals surface area contributed by atoms with Gasteiger partial charge in [-0.25, -0.2) is 0 Å². The van der Waals surface area contributed by atoms with Crippen molar-refractivity contribution >= 4 is 23.2 Å². The summed E-state index contributed by atoms with van der Waals surface area (Å²) < 4.78 is 0. The molecular weight excluding hydrogens is 197 g/mol. The van der Waals surface area contributed by atoms with Gasteiger partial charge in [-0.15, -0.1) is 0 Å². The lowest BCUT2D eigenvalue weighted by molar-refractivity contribution is 0.0647. The minimum atomic E-state index is -1.37. The van der Waals surface area contributed by atoms with Crippen LogP contribution in [0.15, 0.2) is 18.2 Å². The summed E-state index contributed by atoms with van der Waals surface area (Å²) in [5, 5.41) is 10.2. The molecule has 0 fully saturated rings. The number of nitrogens with two attached hydrogens (primary N) is 1. The molecule has 0 saturated carbocycles. The quantitative estimate of drug-likeness (QED) is 0.691. The second-order valence-corrected chi connectivity index (χ2v) is 3.59. The Labute approximate surface area is 80.9 Å². The molecule has 1 aromatic rings. The highest BCUT2D eigenvalue weighted by atomic mass is 35.5. The molecule has 0 heterocycles. The van der Waals surface area contributed by atoms with E-state index >= 15 is 0 Å². The van der Waals surface area contributed by atoms with E-state index < -0.39 is 5.72 Å². The average Bonchev–Trinajstić information content (AvgIpc) is 1.92. The first-order valence-electron chi connectivity index (χ1n) is 3.38. The van der Waals surface area contributed by atoms with Gasteiger partial charge in [0.15, 0.2) is 0 Å². The van der Waals surface area contributed by atoms with Gasteiger partial charge in [0, 0.05) is 0 Å². The van der Waals surface area contributed by atoms with Crippen LogP contribution >= 0.6 is 23.2 Å². The SMILES string of the molecule is CC(N)(O)c1ccc(Cl)c(Cl)c1. The van der Waals surface area contributed by atoms with Gasteiger partial charge < -0.3 is 10.8 Å². The van der Waals surface area contributed by atoms with Crippen molar-refractivity contribution in [2.24, 2.45) is 5.73 Å². The predicted molar refractivity (Wildman–Crippen MR) is 50.2 cm³/mol. The molecule has 0 aliphatic carbocycles. The second-order valence-electron chi connectivity index (χ2n) is 2.78. The van der Waals surface area contributed by atoms with E-state index in [1.165, 1.54) is 6.92 Å². The van der Waals surface area contributed by atoms with Crippen LogP contribution in [0.3, 0.4) is 0 Å². The molecule has 0 saturated heterocycles. The fourth-order valence-corrected chi connectivity index (χ4v) is 1.11. The Bertz CT molecular complexity index is 294. The molecule has 4 heteroatoms. The fraction of sp³-hybridized carbons (Fsp3) is 0.250. The zero-order valence-corrected chi connectivity index (χ0v) is 8.02. The lowest BCUT2D eigenvalue weighted by Crippen LogP contribution is -2.32. The van der Waals surface area contributed by atoms with E-state index in [2.05, 4.69) is 0 Å². The monoisotopic (exact) mass is 205 g/mol. The predicted octanol–water partition coefficient (Wildman–Crippen LogP) is 2.12. The highest BCUT2D eigenvalue weighted by molar-refractivity contribution is 6.42. The van der Waals surface area contributed by atoms with Crippen LogP contribution in [0.25, 0.3) is 0 Å². The lowest BCUT2D eigenvalue weighted by Gasteiger charge is -2.17. The van der Waals surface area contributed by atoms with Crippen molar-refractivity contribution in [3.8, 4) is 0 Å². The third kappa shape index (κ3) is 2.11. The molecule has 12 heavy (non-hydrogen) atoms. The van der Waals surface area contributed by atoms with Crippen LogP contribution < -0.4 is 5.73 Å². The number of benzene rings is 1. The number of halogens is 2. The van der Waals surface area contributed by atoms with Crippen LogP contribution in [0.5, 0.6) is 0 Å². The largest absolute Gasteiger partial charge is 0.372 e. The summed E-state index contributed by atoms with van der Waals surface area (Å²) >= 11 is 11.4. The number of aliphatic hydroxyl groups is 1. The summed E-state index contributed by atoms with van der Waals surface area (Å²) in [5.41, 5.74) is 4.60. The third-order valence-electron chi connectivity index (χ3n) is 1.50. The first kappa shape index (κ1) is 9.81. The smallest absolute Gasteiger partial charge is 0.136 e. The zero-order chi connectivity index (χ0) is 9.35. The molecule has 2 nitrogen and oxygen atoms in total. The Balaban J connectivity index is 3.14. The van der Waals surface area contributed by atoms with Gasteiger partial charge in [-0.1, -0.05) is 29.3 Å². The van der Waals surface area contributed by atoms with E-state index in [-0.39, 0.29) is 0 Å². The van der Waals surface area contributed by atoms with Crippen LogP contribution in [-0.4, -0.2) is 5.11 Å². The molecule has 0 aliphatic heterocycles. The molecule has 1 aromatic carbocycles. The molecule has 0 amide bonds. The van der Waals surface area contributed by atoms with Crippen molar-refractivity contribution in [2.45, 2.75) is 12.6 Å². The van der Waals surface area contributed by atoms with E-state index in [1.807, 2.05) is 0 Å². The number of hydrogen-bond acceptors (Lipinski definition) is 2. The van der Waals surface area contributed by atoms with Crippen molar-refractivity contribution in [3.05, 3.63) is 33.8 Å². The van der Waals surface area contributed by atoms with Crippen molar-refractivity contribution < 1.29 is 5.11 Å². The van der Waals surface area contributed by atoms with Crippen molar-refractivity contribution in [2.75, 3.05) is 0 Å². The Morgan fingerprint density at radius 1 is 1.33 bits per heavy atom. The molecule has 1 rings (SSSR count). The van der Waals surface area contributed by atoms with Gasteiger partial charge in [0.25, 0.3) is 0 Å². The normalized spacial score (nSPS) is 15.8. The second kappa shape index (κ2) is 3.23. The van der Waals surface area contributed by atoms with Crippen LogP contribution in [0, 0.1) is 0 Å². The topological polar surface area (TPSA) is 46.2 Å². The summed E-state index contributed by atoms with van der Waals surface area (Å²) in [6.07, 6.45) is 0. The summed E-state index contributed by atoms with van der Waals surface area (Å²) in [4.78, 5) is 0. The molecule has 0 radical (unpaired) electrons. The lowest BCUT2D eigenvalue weighted by atomic mass is 10.1. The van der Waals surface area contributed by atoms with Crippen LogP contribution in [0.2, 0.25) is 10.0 Å². The van der Waals surface area contributed by atoms with Crippen molar-refractivity contribution in [1.82, 2.24) is 0 Å². The Kier molecular flexibility index (Phi) is 2.64. The first-order valence-corrected chi connectivity index (χ1v) is 4.13. The summed E-state index contributed by atoms with van der Waals surface area (Å²) in [7, 11) is 0. The van der Waals surface area contributed by atoms with Crippen LogP contribution in [0.4, 0.5) is 0 Å². The Morgan fingerprint density at radius 2 is 1.92 bits per heavy atom. The van der Waals surface area contributed by atoms with E-state index in [0.29, 0.717) is 15.6 Å². The molecule has 0 aliphatic rings. The van der Waals surface area contributed by atoms with Crippen molar-refractivity contribution in [3.63, 3.8) is 0 Å². The zero-order valence-electron chi connectivity index (χ0n) is 6.51. The molecule has 3 N–H and O–H groups in total. The molecular formula is C8H9Cl2NO. The van der Waals surface area contributed by atoms with E-state index in [0.717, 1.165) is 0 Å². The van der Waals surface area contributed by atoms with Crippen LogP contribution in [-0.2, 0) is 5.72 Å². The van der Waals surface area contributed by atoms with Crippen molar-refractivity contribution in [1.29, 1.82) is 0 Å². The number of rotatable bonds is 1. The summed E-state index contributed by atoms with van der Waals surface area (Å²) in [6, 6.07) is 4.78. The van der Waals surface area contributed by atoms with E-state index in [1.54, 1.807) is 18.2 Å². The van der Waals surface area contributed by atoms with Gasteiger partial charge in [0.05, 0.1) is 10.0 Å². The minimum Gasteiger partial charge on any atom is -0.372 e. The van der Waals surface area contributed by atoms with Gasteiger partial charge in [-0.05, 0) is 24.6 Å². The van der Waals surface area contributed by atoms with Gasteiger partial charge in [0.1, 0.15) is 5.72 Å². The fourth-order valence-electron chi connectivity index (χ4n) is 0.811. The first-order chi connectivity index (χ1) is 5.41. The molecule has 0 spiro atoms. The summed E-state index contributed by atoms with van der Waals surface area (Å²) in [5.74, 6) is 0. The van der Waals surface area contributed by atoms with Gasteiger partial charge in [-0.2, -0.15) is 0 Å². The Hall–Kier alpha value is -0.280.